The van der Waals surface area contributed by atoms with Crippen LogP contribution in [-0.4, -0.2) is 44.2 Å². The summed E-state index contributed by atoms with van der Waals surface area (Å²) in [6.07, 6.45) is 1.25. The van der Waals surface area contributed by atoms with Crippen molar-refractivity contribution in [3.63, 3.8) is 0 Å². The van der Waals surface area contributed by atoms with Crippen molar-refractivity contribution in [2.45, 2.75) is 39.8 Å². The van der Waals surface area contributed by atoms with E-state index < -0.39 is 0 Å². The molecular weight excluding hydrogens is 304 g/mol. The van der Waals surface area contributed by atoms with E-state index in [0.717, 1.165) is 18.7 Å². The van der Waals surface area contributed by atoms with Crippen molar-refractivity contribution < 1.29 is 14.3 Å². The second kappa shape index (κ2) is 8.38. The van der Waals surface area contributed by atoms with Crippen LogP contribution < -0.4 is 14.8 Å². The summed E-state index contributed by atoms with van der Waals surface area (Å²) in [5.74, 6) is 2.74. The lowest BCUT2D eigenvalue weighted by atomic mass is 9.91. The highest BCUT2D eigenvalue weighted by molar-refractivity contribution is 5.81. The minimum Gasteiger partial charge on any atom is -0.493 e. The number of hydrogen-bond donors (Lipinski definition) is 1. The number of nitrogens with zero attached hydrogens (tertiary/aromatic N) is 1. The van der Waals surface area contributed by atoms with E-state index in [1.165, 1.54) is 6.42 Å². The summed E-state index contributed by atoms with van der Waals surface area (Å²) in [6, 6.07) is 5.60. The Morgan fingerprint density at radius 1 is 1.21 bits per heavy atom. The van der Waals surface area contributed by atoms with Crippen LogP contribution in [0.2, 0.25) is 0 Å². The lowest BCUT2D eigenvalue weighted by molar-refractivity contribution is -0.127. The molecule has 134 valence electrons. The first-order valence-corrected chi connectivity index (χ1v) is 8.67. The third-order valence-corrected chi connectivity index (χ3v) is 4.74. The van der Waals surface area contributed by atoms with E-state index in [-0.39, 0.29) is 11.9 Å². The van der Waals surface area contributed by atoms with Crippen LogP contribution in [0.5, 0.6) is 11.5 Å². The SMILES string of the molecule is COc1ccc(CNC(=O)[C@H](C)N2C[C@@H](C)C[C@H](C)C2)cc1OC. The standard InChI is InChI=1S/C19H30N2O3/c1-13-8-14(2)12-21(11-13)15(3)19(22)20-10-16-6-7-17(23-4)18(9-16)24-5/h6-7,9,13-15H,8,10-12H2,1-5H3,(H,20,22)/t13-,14-,15-/m0/s1. The number of nitrogens with one attached hydrogen (secondary N) is 1. The van der Waals surface area contributed by atoms with Crippen molar-refractivity contribution in [3.05, 3.63) is 23.8 Å². The largest absolute Gasteiger partial charge is 0.493 e. The molecule has 0 aliphatic carbocycles. The molecule has 0 aromatic heterocycles. The van der Waals surface area contributed by atoms with Gasteiger partial charge in [-0.3, -0.25) is 9.69 Å². The van der Waals surface area contributed by atoms with Crippen molar-refractivity contribution in [1.82, 2.24) is 10.2 Å². The third kappa shape index (κ3) is 4.63. The van der Waals surface area contributed by atoms with Gasteiger partial charge in [0, 0.05) is 19.6 Å². The molecule has 5 nitrogen and oxygen atoms in total. The molecule has 1 fully saturated rings. The lowest BCUT2D eigenvalue weighted by Crippen LogP contribution is -2.50. The molecule has 1 heterocycles. The predicted octanol–water partition coefficient (Wildman–Crippen LogP) is 2.69. The van der Waals surface area contributed by atoms with Crippen LogP contribution in [0.4, 0.5) is 0 Å². The summed E-state index contributed by atoms with van der Waals surface area (Å²) < 4.78 is 10.5. The molecule has 1 aliphatic heterocycles. The zero-order valence-corrected chi connectivity index (χ0v) is 15.5. The number of likely N-dealkylation sites (tertiary alicyclic amines) is 1. The molecule has 0 unspecified atom stereocenters. The van der Waals surface area contributed by atoms with Gasteiger partial charge in [0.05, 0.1) is 20.3 Å². The van der Waals surface area contributed by atoms with E-state index in [1.54, 1.807) is 14.2 Å². The number of amides is 1. The molecule has 1 aromatic rings. The molecule has 0 saturated carbocycles. The first kappa shape index (κ1) is 18.6. The van der Waals surface area contributed by atoms with Gasteiger partial charge in [-0.1, -0.05) is 19.9 Å². The molecule has 5 heteroatoms. The topological polar surface area (TPSA) is 50.8 Å². The quantitative estimate of drug-likeness (QED) is 0.869. The minimum atomic E-state index is -0.102. The van der Waals surface area contributed by atoms with Gasteiger partial charge in [0.2, 0.25) is 5.91 Å². The average Bonchev–Trinajstić information content (AvgIpc) is 2.57. The summed E-state index contributed by atoms with van der Waals surface area (Å²) in [7, 11) is 3.22. The number of ether oxygens (including phenoxy) is 2. The maximum absolute atomic E-state index is 12.5. The zero-order valence-electron chi connectivity index (χ0n) is 15.5. The molecule has 1 saturated heterocycles. The highest BCUT2D eigenvalue weighted by Crippen LogP contribution is 2.27. The predicted molar refractivity (Wildman–Crippen MR) is 95.4 cm³/mol. The van der Waals surface area contributed by atoms with Crippen molar-refractivity contribution >= 4 is 5.91 Å². The molecular formula is C19H30N2O3. The highest BCUT2D eigenvalue weighted by Gasteiger charge is 2.28. The Balaban J connectivity index is 1.92. The van der Waals surface area contributed by atoms with Crippen LogP contribution in [0.25, 0.3) is 0 Å². The molecule has 3 atom stereocenters. The van der Waals surface area contributed by atoms with Crippen LogP contribution in [0.15, 0.2) is 18.2 Å². The normalized spacial score (nSPS) is 22.7. The number of benzene rings is 1. The van der Waals surface area contributed by atoms with Crippen LogP contribution in [0.3, 0.4) is 0 Å². The van der Waals surface area contributed by atoms with Gasteiger partial charge < -0.3 is 14.8 Å². The average molecular weight is 334 g/mol. The van der Waals surface area contributed by atoms with Gasteiger partial charge in [-0.05, 0) is 42.9 Å². The van der Waals surface area contributed by atoms with E-state index in [9.17, 15) is 4.79 Å². The van der Waals surface area contributed by atoms with Crippen LogP contribution >= 0.6 is 0 Å². The molecule has 2 rings (SSSR count). The van der Waals surface area contributed by atoms with Crippen molar-refractivity contribution in [2.75, 3.05) is 27.3 Å². The summed E-state index contributed by atoms with van der Waals surface area (Å²) in [5, 5.41) is 3.04. The molecule has 1 aromatic carbocycles. The first-order valence-electron chi connectivity index (χ1n) is 8.67. The smallest absolute Gasteiger partial charge is 0.237 e. The summed E-state index contributed by atoms with van der Waals surface area (Å²) in [5.41, 5.74) is 0.994. The summed E-state index contributed by atoms with van der Waals surface area (Å²) in [4.78, 5) is 14.8. The van der Waals surface area contributed by atoms with Crippen molar-refractivity contribution in [1.29, 1.82) is 0 Å². The van der Waals surface area contributed by atoms with E-state index >= 15 is 0 Å². The fraction of sp³-hybridized carbons (Fsp3) is 0.632. The molecule has 0 spiro atoms. The summed E-state index contributed by atoms with van der Waals surface area (Å²) >= 11 is 0. The van der Waals surface area contributed by atoms with Gasteiger partial charge in [-0.25, -0.2) is 0 Å². The second-order valence-electron chi connectivity index (χ2n) is 6.98. The molecule has 0 bridgehead atoms. The van der Waals surface area contributed by atoms with Gasteiger partial charge in [0.25, 0.3) is 0 Å². The van der Waals surface area contributed by atoms with E-state index in [2.05, 4.69) is 24.1 Å². The third-order valence-electron chi connectivity index (χ3n) is 4.74. The van der Waals surface area contributed by atoms with Gasteiger partial charge in [0.15, 0.2) is 11.5 Å². The Labute approximate surface area is 145 Å². The number of piperidine rings is 1. The second-order valence-corrected chi connectivity index (χ2v) is 6.98. The van der Waals surface area contributed by atoms with Crippen molar-refractivity contribution in [3.8, 4) is 11.5 Å². The molecule has 24 heavy (non-hydrogen) atoms. The van der Waals surface area contributed by atoms with Gasteiger partial charge in [-0.15, -0.1) is 0 Å². The van der Waals surface area contributed by atoms with Crippen LogP contribution in [-0.2, 0) is 11.3 Å². The number of hydrogen-bond acceptors (Lipinski definition) is 4. The van der Waals surface area contributed by atoms with Crippen molar-refractivity contribution in [2.24, 2.45) is 11.8 Å². The number of carbonyl (C=O) groups is 1. The fourth-order valence-corrected chi connectivity index (χ4v) is 3.52. The summed E-state index contributed by atoms with van der Waals surface area (Å²) in [6.45, 7) is 9.00. The minimum absolute atomic E-state index is 0.0751. The maximum Gasteiger partial charge on any atom is 0.237 e. The fourth-order valence-electron chi connectivity index (χ4n) is 3.52. The Bertz CT molecular complexity index is 552. The van der Waals surface area contributed by atoms with E-state index in [4.69, 9.17) is 9.47 Å². The molecule has 1 aliphatic rings. The maximum atomic E-state index is 12.5. The Hall–Kier alpha value is -1.75. The highest BCUT2D eigenvalue weighted by atomic mass is 16.5. The molecule has 0 radical (unpaired) electrons. The Morgan fingerprint density at radius 3 is 2.42 bits per heavy atom. The van der Waals surface area contributed by atoms with E-state index in [0.29, 0.717) is 29.9 Å². The first-order chi connectivity index (χ1) is 11.4. The lowest BCUT2D eigenvalue weighted by Gasteiger charge is -2.38. The number of rotatable bonds is 6. The van der Waals surface area contributed by atoms with Crippen LogP contribution in [0, 0.1) is 11.8 Å². The number of methoxy groups -OCH3 is 2. The molecule has 1 amide bonds. The zero-order chi connectivity index (χ0) is 17.7. The molecule has 1 N–H and O–H groups in total. The monoisotopic (exact) mass is 334 g/mol. The van der Waals surface area contributed by atoms with Crippen LogP contribution in [0.1, 0.15) is 32.8 Å². The van der Waals surface area contributed by atoms with Gasteiger partial charge >= 0.3 is 0 Å². The number of carbonyl (C=O) groups excluding carboxylic acids is 1. The van der Waals surface area contributed by atoms with Gasteiger partial charge in [0.1, 0.15) is 0 Å². The van der Waals surface area contributed by atoms with E-state index in [1.807, 2.05) is 25.1 Å². The van der Waals surface area contributed by atoms with Gasteiger partial charge in [-0.2, -0.15) is 0 Å². The Morgan fingerprint density at radius 2 is 1.83 bits per heavy atom. The Kier molecular flexibility index (Phi) is 6.49.